The third-order valence-corrected chi connectivity index (χ3v) is 5.77. The number of ether oxygens (including phenoxy) is 2. The normalized spacial score (nSPS) is 15.9. The van der Waals surface area contributed by atoms with E-state index in [1.54, 1.807) is 13.2 Å². The fourth-order valence-electron chi connectivity index (χ4n) is 4.08. The van der Waals surface area contributed by atoms with Crippen molar-refractivity contribution in [1.29, 1.82) is 0 Å². The average molecular weight is 435 g/mol. The van der Waals surface area contributed by atoms with Crippen LogP contribution in [0.5, 0.6) is 5.75 Å². The minimum atomic E-state index is -0.546. The van der Waals surface area contributed by atoms with Crippen LogP contribution >= 0.6 is 12.4 Å². The highest BCUT2D eigenvalue weighted by atomic mass is 35.5. The van der Waals surface area contributed by atoms with Gasteiger partial charge in [-0.15, -0.1) is 12.4 Å². The van der Waals surface area contributed by atoms with Gasteiger partial charge in [-0.1, -0.05) is 12.1 Å². The summed E-state index contributed by atoms with van der Waals surface area (Å²) >= 11 is 0. The van der Waals surface area contributed by atoms with Crippen LogP contribution in [0.2, 0.25) is 0 Å². The molecule has 162 valence electrons. The Hall–Kier alpha value is -2.55. The van der Waals surface area contributed by atoms with Gasteiger partial charge in [-0.05, 0) is 31.9 Å². The minimum absolute atomic E-state index is 0. The Kier molecular flexibility index (Phi) is 6.40. The molecule has 8 nitrogen and oxygen atoms in total. The molecule has 2 aromatic heterocycles. The Morgan fingerprint density at radius 1 is 1.30 bits per heavy atom. The predicted molar refractivity (Wildman–Crippen MR) is 118 cm³/mol. The first-order valence-corrected chi connectivity index (χ1v) is 9.81. The van der Waals surface area contributed by atoms with Crippen molar-refractivity contribution in [3.05, 3.63) is 35.9 Å². The van der Waals surface area contributed by atoms with Crippen molar-refractivity contribution in [2.45, 2.75) is 25.4 Å². The number of pyridine rings is 1. The number of nitrogens with zero attached hydrogens (tertiary/aromatic N) is 3. The SMILES string of the molecule is CCOc1cc(C(N)=O)c2nc3ccccc3n2c1N1CCC(CO)(OC)CC1.Cl. The van der Waals surface area contributed by atoms with Crippen molar-refractivity contribution < 1.29 is 19.4 Å². The van der Waals surface area contributed by atoms with Crippen LogP contribution in [0.15, 0.2) is 30.3 Å². The van der Waals surface area contributed by atoms with Crippen LogP contribution in [0.4, 0.5) is 5.82 Å². The number of methoxy groups -OCH3 is 1. The summed E-state index contributed by atoms with van der Waals surface area (Å²) < 4.78 is 13.5. The summed E-state index contributed by atoms with van der Waals surface area (Å²) in [6.07, 6.45) is 1.36. The summed E-state index contributed by atoms with van der Waals surface area (Å²) in [5.41, 5.74) is 7.64. The molecule has 0 spiro atoms. The van der Waals surface area contributed by atoms with Crippen LogP contribution in [-0.2, 0) is 4.74 Å². The van der Waals surface area contributed by atoms with Crippen LogP contribution in [-0.4, -0.2) is 59.4 Å². The number of piperidine rings is 1. The Morgan fingerprint density at radius 3 is 2.60 bits per heavy atom. The minimum Gasteiger partial charge on any atom is -0.490 e. The lowest BCUT2D eigenvalue weighted by Gasteiger charge is -2.41. The Labute approximate surface area is 181 Å². The molecule has 3 heterocycles. The van der Waals surface area contributed by atoms with Crippen molar-refractivity contribution in [3.8, 4) is 5.75 Å². The van der Waals surface area contributed by atoms with Crippen LogP contribution in [0.3, 0.4) is 0 Å². The van der Waals surface area contributed by atoms with Gasteiger partial charge in [0.25, 0.3) is 5.91 Å². The molecule has 9 heteroatoms. The molecule has 0 radical (unpaired) electrons. The van der Waals surface area contributed by atoms with E-state index in [0.29, 0.717) is 49.5 Å². The van der Waals surface area contributed by atoms with Gasteiger partial charge in [-0.2, -0.15) is 0 Å². The molecule has 1 fully saturated rings. The Morgan fingerprint density at radius 2 is 2.00 bits per heavy atom. The maximum Gasteiger partial charge on any atom is 0.252 e. The van der Waals surface area contributed by atoms with Gasteiger partial charge in [0.05, 0.1) is 35.4 Å². The lowest BCUT2D eigenvalue weighted by atomic mass is 9.92. The quantitative estimate of drug-likeness (QED) is 0.617. The van der Waals surface area contributed by atoms with Crippen LogP contribution < -0.4 is 15.4 Å². The standard InChI is InChI=1S/C21H26N4O4.ClH/c1-3-29-17-12-14(18(22)27)19-23-15-6-4-5-7-16(15)25(19)20(17)24-10-8-21(13-26,28-2)9-11-24;/h4-7,12,26H,3,8-11,13H2,1-2H3,(H2,22,27);1H. The summed E-state index contributed by atoms with van der Waals surface area (Å²) in [7, 11) is 1.64. The van der Waals surface area contributed by atoms with E-state index in [1.807, 2.05) is 35.6 Å². The topological polar surface area (TPSA) is 102 Å². The first-order chi connectivity index (χ1) is 14.0. The van der Waals surface area contributed by atoms with Crippen LogP contribution in [0, 0.1) is 0 Å². The molecule has 3 N–H and O–H groups in total. The number of benzene rings is 1. The molecule has 1 amide bonds. The summed E-state index contributed by atoms with van der Waals surface area (Å²) in [6, 6.07) is 9.42. The number of carbonyl (C=O) groups is 1. The van der Waals surface area contributed by atoms with E-state index < -0.39 is 11.5 Å². The third-order valence-electron chi connectivity index (χ3n) is 5.77. The van der Waals surface area contributed by atoms with E-state index in [9.17, 15) is 9.90 Å². The number of para-hydroxylation sites is 2. The molecular weight excluding hydrogens is 408 g/mol. The zero-order valence-corrected chi connectivity index (χ0v) is 17.9. The first-order valence-electron chi connectivity index (χ1n) is 9.81. The van der Waals surface area contributed by atoms with Gasteiger partial charge in [0.15, 0.2) is 17.2 Å². The van der Waals surface area contributed by atoms with Crippen molar-refractivity contribution in [1.82, 2.24) is 9.38 Å². The molecule has 1 aliphatic heterocycles. The Bertz CT molecular complexity index is 1050. The molecule has 4 rings (SSSR count). The maximum absolute atomic E-state index is 12.2. The zero-order valence-electron chi connectivity index (χ0n) is 17.1. The molecule has 0 aliphatic carbocycles. The van der Waals surface area contributed by atoms with Crippen molar-refractivity contribution in [2.24, 2.45) is 5.73 Å². The number of imidazole rings is 1. The molecular formula is C21H27ClN4O4. The summed E-state index contributed by atoms with van der Waals surface area (Å²) in [6.45, 7) is 3.69. The number of halogens is 1. The second-order valence-corrected chi connectivity index (χ2v) is 7.33. The molecule has 1 saturated heterocycles. The van der Waals surface area contributed by atoms with Gasteiger partial charge in [-0.25, -0.2) is 4.98 Å². The number of rotatable bonds is 6. The summed E-state index contributed by atoms with van der Waals surface area (Å²) in [5, 5.41) is 9.78. The van der Waals surface area contributed by atoms with Gasteiger partial charge in [0.1, 0.15) is 0 Å². The number of primary amides is 1. The van der Waals surface area contributed by atoms with Gasteiger partial charge in [0.2, 0.25) is 0 Å². The monoisotopic (exact) mass is 434 g/mol. The van der Waals surface area contributed by atoms with Crippen molar-refractivity contribution >= 4 is 40.8 Å². The van der Waals surface area contributed by atoms with E-state index in [-0.39, 0.29) is 19.0 Å². The van der Waals surface area contributed by atoms with Crippen molar-refractivity contribution in [3.63, 3.8) is 0 Å². The smallest absolute Gasteiger partial charge is 0.252 e. The highest BCUT2D eigenvalue weighted by Crippen LogP contribution is 2.38. The summed E-state index contributed by atoms with van der Waals surface area (Å²) in [4.78, 5) is 19.0. The number of hydrogen-bond donors (Lipinski definition) is 2. The number of amides is 1. The number of aliphatic hydroxyl groups excluding tert-OH is 1. The largest absolute Gasteiger partial charge is 0.490 e. The molecule has 1 aromatic carbocycles. The van der Waals surface area contributed by atoms with Gasteiger partial charge >= 0.3 is 0 Å². The third kappa shape index (κ3) is 3.55. The molecule has 0 atom stereocenters. The molecule has 1 aliphatic rings. The molecule has 30 heavy (non-hydrogen) atoms. The lowest BCUT2D eigenvalue weighted by molar-refractivity contribution is -0.0674. The van der Waals surface area contributed by atoms with E-state index in [0.717, 1.165) is 16.9 Å². The zero-order chi connectivity index (χ0) is 20.6. The van der Waals surface area contributed by atoms with E-state index in [1.165, 1.54) is 0 Å². The molecule has 0 unspecified atom stereocenters. The fraction of sp³-hybridized carbons (Fsp3) is 0.429. The van der Waals surface area contributed by atoms with Gasteiger partial charge in [0, 0.05) is 26.3 Å². The van der Waals surface area contributed by atoms with Gasteiger partial charge < -0.3 is 25.2 Å². The van der Waals surface area contributed by atoms with E-state index in [4.69, 9.17) is 15.2 Å². The lowest BCUT2D eigenvalue weighted by Crippen LogP contribution is -2.48. The highest BCUT2D eigenvalue weighted by Gasteiger charge is 2.36. The number of aromatic nitrogens is 2. The number of carbonyl (C=O) groups excluding carboxylic acids is 1. The molecule has 0 saturated carbocycles. The van der Waals surface area contributed by atoms with E-state index in [2.05, 4.69) is 9.88 Å². The highest BCUT2D eigenvalue weighted by molar-refractivity contribution is 6.02. The second-order valence-electron chi connectivity index (χ2n) is 7.33. The number of hydrogen-bond acceptors (Lipinski definition) is 6. The van der Waals surface area contributed by atoms with Crippen molar-refractivity contribution in [2.75, 3.05) is 38.3 Å². The molecule has 3 aromatic rings. The second kappa shape index (κ2) is 8.67. The molecule has 0 bridgehead atoms. The number of anilines is 1. The van der Waals surface area contributed by atoms with E-state index >= 15 is 0 Å². The number of nitrogens with two attached hydrogens (primary N) is 1. The average Bonchev–Trinajstić information content (AvgIpc) is 3.13. The maximum atomic E-state index is 12.2. The number of aliphatic hydroxyl groups is 1. The van der Waals surface area contributed by atoms with Gasteiger partial charge in [-0.3, -0.25) is 9.20 Å². The number of fused-ring (bicyclic) bond motifs is 3. The fourth-order valence-corrected chi connectivity index (χ4v) is 4.08. The van der Waals surface area contributed by atoms with Crippen LogP contribution in [0.1, 0.15) is 30.1 Å². The first kappa shape index (κ1) is 22.1. The Balaban J connectivity index is 0.00000256. The van der Waals surface area contributed by atoms with Crippen LogP contribution in [0.25, 0.3) is 16.7 Å². The summed E-state index contributed by atoms with van der Waals surface area (Å²) in [5.74, 6) is 0.879. The predicted octanol–water partition coefficient (Wildman–Crippen LogP) is 2.38.